The molecular formula is C16H25ClN4O2. The molecule has 1 unspecified atom stereocenters. The number of nitrogens with one attached hydrogen (secondary N) is 2. The SMILES string of the molecule is CC(C)NC(=O)Nc1ccc(C(=O)N2CCC(CN)C2)cc1.Cl. The van der Waals surface area contributed by atoms with Gasteiger partial charge in [0.05, 0.1) is 0 Å². The molecule has 3 amide bonds. The van der Waals surface area contributed by atoms with Gasteiger partial charge in [-0.25, -0.2) is 4.79 Å². The summed E-state index contributed by atoms with van der Waals surface area (Å²) in [7, 11) is 0. The van der Waals surface area contributed by atoms with Crippen molar-refractivity contribution in [1.29, 1.82) is 0 Å². The summed E-state index contributed by atoms with van der Waals surface area (Å²) in [5, 5.41) is 5.48. The van der Waals surface area contributed by atoms with E-state index in [-0.39, 0.29) is 30.4 Å². The Morgan fingerprint density at radius 2 is 1.96 bits per heavy atom. The molecule has 1 atom stereocenters. The van der Waals surface area contributed by atoms with E-state index in [0.717, 1.165) is 19.5 Å². The minimum Gasteiger partial charge on any atom is -0.338 e. The van der Waals surface area contributed by atoms with Gasteiger partial charge < -0.3 is 21.3 Å². The molecule has 0 aromatic heterocycles. The molecule has 0 aliphatic carbocycles. The second-order valence-corrected chi connectivity index (χ2v) is 5.97. The molecule has 1 heterocycles. The number of benzene rings is 1. The van der Waals surface area contributed by atoms with E-state index in [1.807, 2.05) is 18.7 Å². The van der Waals surface area contributed by atoms with Gasteiger partial charge >= 0.3 is 6.03 Å². The van der Waals surface area contributed by atoms with E-state index in [1.165, 1.54) is 0 Å². The summed E-state index contributed by atoms with van der Waals surface area (Å²) in [5.41, 5.74) is 6.95. The Morgan fingerprint density at radius 3 is 2.48 bits per heavy atom. The van der Waals surface area contributed by atoms with Crippen molar-refractivity contribution in [3.05, 3.63) is 29.8 Å². The van der Waals surface area contributed by atoms with Crippen LogP contribution in [0, 0.1) is 5.92 Å². The maximum atomic E-state index is 12.4. The first kappa shape index (κ1) is 19.3. The highest BCUT2D eigenvalue weighted by atomic mass is 35.5. The average molecular weight is 341 g/mol. The molecule has 1 aromatic carbocycles. The lowest BCUT2D eigenvalue weighted by atomic mass is 10.1. The Hall–Kier alpha value is -1.79. The normalized spacial score (nSPS) is 16.9. The monoisotopic (exact) mass is 340 g/mol. The molecule has 1 aromatic rings. The Labute approximate surface area is 143 Å². The van der Waals surface area contributed by atoms with Gasteiger partial charge in [0.15, 0.2) is 0 Å². The quantitative estimate of drug-likeness (QED) is 0.784. The van der Waals surface area contributed by atoms with Crippen LogP contribution in [0.15, 0.2) is 24.3 Å². The summed E-state index contributed by atoms with van der Waals surface area (Å²) in [6, 6.07) is 6.78. The molecule has 23 heavy (non-hydrogen) atoms. The third-order valence-electron chi connectivity index (χ3n) is 3.72. The van der Waals surface area contributed by atoms with Crippen LogP contribution in [-0.2, 0) is 0 Å². The molecular weight excluding hydrogens is 316 g/mol. The largest absolute Gasteiger partial charge is 0.338 e. The molecule has 1 aliphatic rings. The number of carbonyl (C=O) groups excluding carboxylic acids is 2. The van der Waals surface area contributed by atoms with E-state index < -0.39 is 0 Å². The number of hydrogen-bond acceptors (Lipinski definition) is 3. The van der Waals surface area contributed by atoms with E-state index in [4.69, 9.17) is 5.73 Å². The molecule has 0 bridgehead atoms. The van der Waals surface area contributed by atoms with Crippen LogP contribution in [0.25, 0.3) is 0 Å². The van der Waals surface area contributed by atoms with Crippen molar-refractivity contribution >= 4 is 30.0 Å². The van der Waals surface area contributed by atoms with Crippen molar-refractivity contribution in [2.45, 2.75) is 26.3 Å². The van der Waals surface area contributed by atoms with E-state index >= 15 is 0 Å². The van der Waals surface area contributed by atoms with Crippen molar-refractivity contribution < 1.29 is 9.59 Å². The number of hydrogen-bond donors (Lipinski definition) is 3. The molecule has 7 heteroatoms. The van der Waals surface area contributed by atoms with Gasteiger partial charge in [-0.15, -0.1) is 12.4 Å². The second-order valence-electron chi connectivity index (χ2n) is 5.97. The Morgan fingerprint density at radius 1 is 1.30 bits per heavy atom. The Kier molecular flexibility index (Phi) is 7.32. The van der Waals surface area contributed by atoms with Crippen LogP contribution in [0.5, 0.6) is 0 Å². The van der Waals surface area contributed by atoms with Crippen molar-refractivity contribution in [2.75, 3.05) is 25.0 Å². The summed E-state index contributed by atoms with van der Waals surface area (Å²) in [4.78, 5) is 25.8. The number of amides is 3. The first-order valence-electron chi connectivity index (χ1n) is 7.66. The topological polar surface area (TPSA) is 87.5 Å². The Balaban J connectivity index is 0.00000264. The molecule has 4 N–H and O–H groups in total. The minimum absolute atomic E-state index is 0. The van der Waals surface area contributed by atoms with E-state index in [0.29, 0.717) is 23.7 Å². The van der Waals surface area contributed by atoms with E-state index in [9.17, 15) is 9.59 Å². The van der Waals surface area contributed by atoms with Gasteiger partial charge in [0.2, 0.25) is 0 Å². The van der Waals surface area contributed by atoms with Crippen LogP contribution in [0.3, 0.4) is 0 Å². The first-order chi connectivity index (χ1) is 10.5. The fourth-order valence-corrected chi connectivity index (χ4v) is 2.52. The number of carbonyl (C=O) groups is 2. The molecule has 6 nitrogen and oxygen atoms in total. The van der Waals surface area contributed by atoms with Gasteiger partial charge in [-0.3, -0.25) is 4.79 Å². The summed E-state index contributed by atoms with van der Waals surface area (Å²) >= 11 is 0. The highest BCUT2D eigenvalue weighted by Gasteiger charge is 2.25. The summed E-state index contributed by atoms with van der Waals surface area (Å²) in [5.74, 6) is 0.429. The number of halogens is 1. The highest BCUT2D eigenvalue weighted by Crippen LogP contribution is 2.18. The third kappa shape index (κ3) is 5.41. The number of nitrogens with two attached hydrogens (primary N) is 1. The fraction of sp³-hybridized carbons (Fsp3) is 0.500. The summed E-state index contributed by atoms with van der Waals surface area (Å²) in [6.45, 7) is 5.90. The lowest BCUT2D eigenvalue weighted by Gasteiger charge is -2.16. The van der Waals surface area contributed by atoms with Crippen molar-refractivity contribution in [3.63, 3.8) is 0 Å². The molecule has 1 saturated heterocycles. The highest BCUT2D eigenvalue weighted by molar-refractivity contribution is 5.95. The van der Waals surface area contributed by atoms with Gasteiger partial charge in [0.25, 0.3) is 5.91 Å². The van der Waals surface area contributed by atoms with E-state index in [1.54, 1.807) is 24.3 Å². The molecule has 128 valence electrons. The predicted molar refractivity (Wildman–Crippen MR) is 94.0 cm³/mol. The lowest BCUT2D eigenvalue weighted by Crippen LogP contribution is -2.34. The van der Waals surface area contributed by atoms with Crippen LogP contribution < -0.4 is 16.4 Å². The zero-order chi connectivity index (χ0) is 16.1. The molecule has 0 spiro atoms. The van der Waals surface area contributed by atoms with Gasteiger partial charge in [-0.1, -0.05) is 0 Å². The van der Waals surface area contributed by atoms with E-state index in [2.05, 4.69) is 10.6 Å². The molecule has 1 aliphatic heterocycles. The average Bonchev–Trinajstić information content (AvgIpc) is 2.95. The number of rotatable bonds is 4. The number of nitrogens with zero attached hydrogens (tertiary/aromatic N) is 1. The summed E-state index contributed by atoms with van der Waals surface area (Å²) in [6.07, 6.45) is 0.969. The van der Waals surface area contributed by atoms with Crippen LogP contribution in [0.2, 0.25) is 0 Å². The summed E-state index contributed by atoms with van der Waals surface area (Å²) < 4.78 is 0. The molecule has 1 fully saturated rings. The van der Waals surface area contributed by atoms with Crippen LogP contribution in [0.1, 0.15) is 30.6 Å². The first-order valence-corrected chi connectivity index (χ1v) is 7.66. The maximum absolute atomic E-state index is 12.4. The molecule has 0 saturated carbocycles. The molecule has 0 radical (unpaired) electrons. The van der Waals surface area contributed by atoms with Crippen LogP contribution in [0.4, 0.5) is 10.5 Å². The Bertz CT molecular complexity index is 533. The zero-order valence-electron chi connectivity index (χ0n) is 13.5. The second kappa shape index (κ2) is 8.74. The zero-order valence-corrected chi connectivity index (χ0v) is 14.4. The van der Waals surface area contributed by atoms with Gasteiger partial charge in [0, 0.05) is 30.4 Å². The third-order valence-corrected chi connectivity index (χ3v) is 3.72. The number of likely N-dealkylation sites (tertiary alicyclic amines) is 1. The van der Waals surface area contributed by atoms with Gasteiger partial charge in [-0.2, -0.15) is 0 Å². The van der Waals surface area contributed by atoms with Gasteiger partial charge in [-0.05, 0) is 57.0 Å². The number of urea groups is 1. The van der Waals surface area contributed by atoms with Gasteiger partial charge in [0.1, 0.15) is 0 Å². The standard InChI is InChI=1S/C16H24N4O2.ClH/c1-11(2)18-16(22)19-14-5-3-13(4-6-14)15(21)20-8-7-12(9-17)10-20;/h3-6,11-12H,7-10,17H2,1-2H3,(H2,18,19,22);1H. The predicted octanol–water partition coefficient (Wildman–Crippen LogP) is 2.06. The lowest BCUT2D eigenvalue weighted by molar-refractivity contribution is 0.0787. The fourth-order valence-electron chi connectivity index (χ4n) is 2.52. The molecule has 2 rings (SSSR count). The van der Waals surface area contributed by atoms with Crippen molar-refractivity contribution in [1.82, 2.24) is 10.2 Å². The van der Waals surface area contributed by atoms with Crippen molar-refractivity contribution in [2.24, 2.45) is 11.7 Å². The van der Waals surface area contributed by atoms with Crippen LogP contribution >= 0.6 is 12.4 Å². The maximum Gasteiger partial charge on any atom is 0.319 e. The minimum atomic E-state index is -0.251. The number of anilines is 1. The van der Waals surface area contributed by atoms with Crippen molar-refractivity contribution in [3.8, 4) is 0 Å². The smallest absolute Gasteiger partial charge is 0.319 e. The van der Waals surface area contributed by atoms with Crippen LogP contribution in [-0.4, -0.2) is 42.5 Å².